The van der Waals surface area contributed by atoms with Crippen LogP contribution in [0.1, 0.15) is 37.0 Å². The Balaban J connectivity index is 3.03. The van der Waals surface area contributed by atoms with Crippen molar-refractivity contribution >= 4 is 31.9 Å². The summed E-state index contributed by atoms with van der Waals surface area (Å²) in [6.45, 7) is 9.07. The summed E-state index contributed by atoms with van der Waals surface area (Å²) in [5.41, 5.74) is 4.69. The van der Waals surface area contributed by atoms with Gasteiger partial charge in [0.15, 0.2) is 0 Å². The number of rotatable bonds is 6. The van der Waals surface area contributed by atoms with E-state index < -0.39 is 0 Å². The normalized spacial score (nSPS) is 12.2. The van der Waals surface area contributed by atoms with Crippen LogP contribution in [0.4, 0.5) is 0 Å². The minimum absolute atomic E-state index is 0.324. The number of benzene rings is 1. The molecule has 0 unspecified atom stereocenters. The third-order valence-electron chi connectivity index (χ3n) is 3.60. The Hall–Kier alpha value is 0.180. The highest BCUT2D eigenvalue weighted by atomic mass is 79.9. The molecule has 0 bridgehead atoms. The third kappa shape index (κ3) is 4.09. The highest BCUT2D eigenvalue weighted by Crippen LogP contribution is 2.36. The highest BCUT2D eigenvalue weighted by Gasteiger charge is 2.30. The van der Waals surface area contributed by atoms with Gasteiger partial charge < -0.3 is 0 Å². The molecule has 0 N–H and O–H groups in total. The van der Waals surface area contributed by atoms with E-state index in [9.17, 15) is 0 Å². The van der Waals surface area contributed by atoms with E-state index in [0.717, 1.165) is 23.0 Å². The van der Waals surface area contributed by atoms with Crippen molar-refractivity contribution in [2.45, 2.75) is 40.5 Å². The van der Waals surface area contributed by atoms with Crippen LogP contribution in [0, 0.1) is 25.2 Å². The molecule has 0 radical (unpaired) electrons. The van der Waals surface area contributed by atoms with Gasteiger partial charge in [0, 0.05) is 10.7 Å². The molecule has 0 saturated heterocycles. The summed E-state index contributed by atoms with van der Waals surface area (Å²) in [6.07, 6.45) is 2.40. The van der Waals surface area contributed by atoms with E-state index in [4.69, 9.17) is 0 Å². The smallest absolute Gasteiger partial charge is 0.00992 e. The average Bonchev–Trinajstić information content (AvgIpc) is 2.32. The highest BCUT2D eigenvalue weighted by molar-refractivity contribution is 9.09. The Labute approximate surface area is 129 Å². The first-order chi connectivity index (χ1) is 8.44. The molecule has 1 rings (SSSR count). The van der Waals surface area contributed by atoms with Gasteiger partial charge in [-0.2, -0.15) is 0 Å². The summed E-state index contributed by atoms with van der Waals surface area (Å²) < 4.78 is 0. The van der Waals surface area contributed by atoms with Crippen LogP contribution in [0.5, 0.6) is 0 Å². The van der Waals surface area contributed by atoms with E-state index in [1.54, 1.807) is 0 Å². The van der Waals surface area contributed by atoms with Gasteiger partial charge in [-0.1, -0.05) is 63.9 Å². The second-order valence-electron chi connectivity index (χ2n) is 5.91. The predicted octanol–water partition coefficient (Wildman–Crippen LogP) is 5.67. The van der Waals surface area contributed by atoms with Gasteiger partial charge in [-0.25, -0.2) is 0 Å². The fraction of sp³-hybridized carbons (Fsp3) is 0.625. The molecule has 0 spiro atoms. The van der Waals surface area contributed by atoms with Crippen molar-refractivity contribution in [3.05, 3.63) is 34.9 Å². The Morgan fingerprint density at radius 2 is 1.56 bits per heavy atom. The predicted molar refractivity (Wildman–Crippen MR) is 89.1 cm³/mol. The van der Waals surface area contributed by atoms with Gasteiger partial charge >= 0.3 is 0 Å². The lowest BCUT2D eigenvalue weighted by Gasteiger charge is -2.33. The topological polar surface area (TPSA) is 0 Å². The maximum Gasteiger partial charge on any atom is 0.00992 e. The molecular weight excluding hydrogens is 352 g/mol. The maximum absolute atomic E-state index is 3.74. The molecule has 0 aliphatic rings. The van der Waals surface area contributed by atoms with Crippen LogP contribution < -0.4 is 0 Å². The van der Waals surface area contributed by atoms with Gasteiger partial charge in [-0.15, -0.1) is 0 Å². The van der Waals surface area contributed by atoms with Gasteiger partial charge in [0.05, 0.1) is 0 Å². The molecule has 0 amide bonds. The van der Waals surface area contributed by atoms with E-state index in [2.05, 4.69) is 77.8 Å². The molecule has 0 aliphatic heterocycles. The molecule has 1 aromatic carbocycles. The van der Waals surface area contributed by atoms with E-state index in [-0.39, 0.29) is 0 Å². The van der Waals surface area contributed by atoms with Gasteiger partial charge in [0.25, 0.3) is 0 Å². The van der Waals surface area contributed by atoms with Crippen molar-refractivity contribution in [2.75, 3.05) is 10.7 Å². The van der Waals surface area contributed by atoms with Gasteiger partial charge in [0.2, 0.25) is 0 Å². The molecule has 1 aromatic rings. The zero-order chi connectivity index (χ0) is 13.8. The van der Waals surface area contributed by atoms with E-state index in [1.807, 2.05) is 0 Å². The van der Waals surface area contributed by atoms with Gasteiger partial charge in [0.1, 0.15) is 0 Å². The number of hydrogen-bond donors (Lipinski definition) is 0. The van der Waals surface area contributed by atoms with Crippen LogP contribution in [-0.2, 0) is 6.42 Å². The monoisotopic (exact) mass is 374 g/mol. The van der Waals surface area contributed by atoms with Crippen molar-refractivity contribution in [1.82, 2.24) is 0 Å². The minimum atomic E-state index is 0.324. The molecule has 0 saturated carbocycles. The molecule has 18 heavy (non-hydrogen) atoms. The lowest BCUT2D eigenvalue weighted by molar-refractivity contribution is 0.303. The summed E-state index contributed by atoms with van der Waals surface area (Å²) in [5.74, 6) is 0.726. The Morgan fingerprint density at radius 3 is 1.94 bits per heavy atom. The molecule has 2 heteroatoms. The molecule has 0 heterocycles. The Kier molecular flexibility index (Phi) is 6.40. The zero-order valence-electron chi connectivity index (χ0n) is 11.9. The van der Waals surface area contributed by atoms with Gasteiger partial charge in [-0.05, 0) is 54.7 Å². The maximum atomic E-state index is 3.74. The summed E-state index contributed by atoms with van der Waals surface area (Å²) in [5, 5.41) is 2.11. The second-order valence-corrected chi connectivity index (χ2v) is 7.03. The molecule has 0 atom stereocenters. The lowest BCUT2D eigenvalue weighted by Crippen LogP contribution is -2.30. The fourth-order valence-corrected chi connectivity index (χ4v) is 4.46. The van der Waals surface area contributed by atoms with Gasteiger partial charge in [-0.3, -0.25) is 0 Å². The Morgan fingerprint density at radius 1 is 1.06 bits per heavy atom. The summed E-state index contributed by atoms with van der Waals surface area (Å²) >= 11 is 7.48. The second kappa shape index (κ2) is 7.09. The van der Waals surface area contributed by atoms with Crippen LogP contribution in [-0.4, -0.2) is 10.7 Å². The van der Waals surface area contributed by atoms with Crippen LogP contribution in [0.3, 0.4) is 0 Å². The molecule has 0 nitrogen and oxygen atoms in total. The number of halogens is 2. The molecule has 0 aliphatic carbocycles. The largest absolute Gasteiger partial charge is 0.0922 e. The van der Waals surface area contributed by atoms with Crippen LogP contribution in [0.2, 0.25) is 0 Å². The number of hydrogen-bond acceptors (Lipinski definition) is 0. The number of aryl methyl sites for hydroxylation is 2. The van der Waals surface area contributed by atoms with Crippen molar-refractivity contribution < 1.29 is 0 Å². The molecule has 0 aromatic heterocycles. The lowest BCUT2D eigenvalue weighted by atomic mass is 9.77. The standard InChI is InChI=1S/C16H24Br2/c1-12(2)8-16(10-17,11-18)9-15-13(3)6-5-7-14(15)4/h5-7,12H,8-11H2,1-4H3. The molecule has 102 valence electrons. The molecule has 0 fully saturated rings. The van der Waals surface area contributed by atoms with Crippen LogP contribution in [0.15, 0.2) is 18.2 Å². The average molecular weight is 376 g/mol. The third-order valence-corrected chi connectivity index (χ3v) is 5.98. The van der Waals surface area contributed by atoms with Crippen molar-refractivity contribution in [1.29, 1.82) is 0 Å². The number of alkyl halides is 2. The summed E-state index contributed by atoms with van der Waals surface area (Å²) in [6, 6.07) is 6.61. The quantitative estimate of drug-likeness (QED) is 0.562. The van der Waals surface area contributed by atoms with Crippen molar-refractivity contribution in [3.8, 4) is 0 Å². The minimum Gasteiger partial charge on any atom is -0.0922 e. The zero-order valence-corrected chi connectivity index (χ0v) is 15.1. The van der Waals surface area contributed by atoms with Crippen molar-refractivity contribution in [3.63, 3.8) is 0 Å². The first-order valence-corrected chi connectivity index (χ1v) is 8.85. The summed E-state index contributed by atoms with van der Waals surface area (Å²) in [7, 11) is 0. The Bertz CT molecular complexity index is 358. The first kappa shape index (κ1) is 16.2. The fourth-order valence-electron chi connectivity index (χ4n) is 2.68. The van der Waals surface area contributed by atoms with Crippen molar-refractivity contribution in [2.24, 2.45) is 11.3 Å². The first-order valence-electron chi connectivity index (χ1n) is 6.61. The van der Waals surface area contributed by atoms with E-state index >= 15 is 0 Å². The van der Waals surface area contributed by atoms with Crippen LogP contribution in [0.25, 0.3) is 0 Å². The SMILES string of the molecule is Cc1cccc(C)c1CC(CBr)(CBr)CC(C)C. The summed E-state index contributed by atoms with van der Waals surface area (Å²) in [4.78, 5) is 0. The van der Waals surface area contributed by atoms with E-state index in [1.165, 1.54) is 23.1 Å². The molecular formula is C16H24Br2. The van der Waals surface area contributed by atoms with E-state index in [0.29, 0.717) is 5.41 Å². The van der Waals surface area contributed by atoms with Crippen LogP contribution >= 0.6 is 31.9 Å².